The van der Waals surface area contributed by atoms with E-state index < -0.39 is 0 Å². The second-order valence-electron chi connectivity index (χ2n) is 8.10. The lowest BCUT2D eigenvalue weighted by atomic mass is 9.95. The Morgan fingerprint density at radius 3 is 2.25 bits per heavy atom. The van der Waals surface area contributed by atoms with Crippen LogP contribution in [0.2, 0.25) is 0 Å². The highest BCUT2D eigenvalue weighted by Gasteiger charge is 2.20. The molecule has 1 aromatic carbocycles. The Morgan fingerprint density at radius 1 is 1.04 bits per heavy atom. The first-order chi connectivity index (χ1) is 13.2. The molecule has 0 atom stereocenters. The number of carbonyl (C=O) groups excluding carboxylic acids is 1. The van der Waals surface area contributed by atoms with Crippen LogP contribution in [-0.4, -0.2) is 38.8 Å². The molecule has 0 bridgehead atoms. The molecule has 3 rings (SSSR count). The van der Waals surface area contributed by atoms with Gasteiger partial charge in [-0.05, 0) is 38.5 Å². The predicted octanol–water partition coefficient (Wildman–Crippen LogP) is 4.78. The van der Waals surface area contributed by atoms with Crippen LogP contribution < -0.4 is 0 Å². The van der Waals surface area contributed by atoms with Crippen molar-refractivity contribution in [2.45, 2.75) is 47.0 Å². The first-order valence-corrected chi connectivity index (χ1v) is 9.78. The fourth-order valence-corrected chi connectivity index (χ4v) is 3.19. The maximum Gasteiger partial charge on any atom is 0.254 e. The van der Waals surface area contributed by atoms with E-state index in [-0.39, 0.29) is 11.3 Å². The number of benzene rings is 1. The number of hydrogen-bond acceptors (Lipinski definition) is 4. The van der Waals surface area contributed by atoms with Gasteiger partial charge < -0.3 is 4.90 Å². The number of aromatic nitrogens is 3. The van der Waals surface area contributed by atoms with E-state index in [4.69, 9.17) is 4.98 Å². The lowest BCUT2D eigenvalue weighted by Gasteiger charge is -2.20. The number of aryl methyl sites for hydroxylation is 1. The van der Waals surface area contributed by atoms with E-state index in [0.717, 1.165) is 27.9 Å². The zero-order valence-electron chi connectivity index (χ0n) is 17.6. The normalized spacial score (nSPS) is 11.6. The summed E-state index contributed by atoms with van der Waals surface area (Å²) < 4.78 is 0. The summed E-state index contributed by atoms with van der Waals surface area (Å²) in [6, 6.07) is 7.89. The lowest BCUT2D eigenvalue weighted by molar-refractivity contribution is 0.0775. The van der Waals surface area contributed by atoms with Crippen molar-refractivity contribution in [3.05, 3.63) is 53.6 Å². The maximum absolute atomic E-state index is 13.1. The Bertz CT molecular complexity index is 1000. The zero-order valence-corrected chi connectivity index (χ0v) is 17.6. The van der Waals surface area contributed by atoms with Crippen LogP contribution in [0.3, 0.4) is 0 Å². The van der Waals surface area contributed by atoms with E-state index in [0.29, 0.717) is 24.3 Å². The van der Waals surface area contributed by atoms with Crippen LogP contribution in [0.1, 0.15) is 56.4 Å². The molecule has 0 saturated carbocycles. The van der Waals surface area contributed by atoms with Crippen LogP contribution in [0.15, 0.2) is 36.7 Å². The van der Waals surface area contributed by atoms with Gasteiger partial charge in [-0.15, -0.1) is 0 Å². The summed E-state index contributed by atoms with van der Waals surface area (Å²) in [7, 11) is 0. The number of fused-ring (bicyclic) bond motifs is 1. The topological polar surface area (TPSA) is 59.0 Å². The first-order valence-electron chi connectivity index (χ1n) is 9.78. The predicted molar refractivity (Wildman–Crippen MR) is 113 cm³/mol. The van der Waals surface area contributed by atoms with Gasteiger partial charge in [0.15, 0.2) is 0 Å². The average molecular weight is 377 g/mol. The van der Waals surface area contributed by atoms with Gasteiger partial charge in [0.1, 0.15) is 5.82 Å². The van der Waals surface area contributed by atoms with Crippen LogP contribution in [0.25, 0.3) is 22.2 Å². The van der Waals surface area contributed by atoms with Crippen molar-refractivity contribution < 1.29 is 4.79 Å². The van der Waals surface area contributed by atoms with Gasteiger partial charge in [0.05, 0.1) is 16.8 Å². The van der Waals surface area contributed by atoms with E-state index >= 15 is 0 Å². The molecule has 0 aliphatic carbocycles. The number of rotatable bonds is 4. The molecule has 5 heteroatoms. The summed E-state index contributed by atoms with van der Waals surface area (Å²) in [6.45, 7) is 13.6. The van der Waals surface area contributed by atoms with Crippen LogP contribution in [-0.2, 0) is 5.41 Å². The molecule has 0 N–H and O–H groups in total. The molecule has 0 radical (unpaired) electrons. The minimum absolute atomic E-state index is 0.0229. The number of nitrogens with zero attached hydrogens (tertiary/aromatic N) is 4. The SMILES string of the molecule is CCN(CC)C(=O)c1cc(-c2cnc(C(C)(C)C)nc2)nc2cc(C)ccc12. The van der Waals surface area contributed by atoms with Gasteiger partial charge in [-0.1, -0.05) is 32.9 Å². The Morgan fingerprint density at radius 2 is 1.68 bits per heavy atom. The van der Waals surface area contributed by atoms with Crippen molar-refractivity contribution in [3.63, 3.8) is 0 Å². The second-order valence-corrected chi connectivity index (χ2v) is 8.10. The van der Waals surface area contributed by atoms with Crippen molar-refractivity contribution in [1.29, 1.82) is 0 Å². The number of amides is 1. The number of carbonyl (C=O) groups is 1. The summed E-state index contributed by atoms with van der Waals surface area (Å²) in [4.78, 5) is 28.8. The van der Waals surface area contributed by atoms with Crippen molar-refractivity contribution in [2.24, 2.45) is 0 Å². The highest BCUT2D eigenvalue weighted by molar-refractivity contribution is 6.07. The van der Waals surface area contributed by atoms with E-state index in [1.807, 2.05) is 49.9 Å². The average Bonchev–Trinajstić information content (AvgIpc) is 2.67. The third-order valence-electron chi connectivity index (χ3n) is 4.86. The maximum atomic E-state index is 13.1. The van der Waals surface area contributed by atoms with E-state index in [1.165, 1.54) is 0 Å². The van der Waals surface area contributed by atoms with Gasteiger partial charge in [-0.25, -0.2) is 15.0 Å². The monoisotopic (exact) mass is 376 g/mol. The molecule has 0 aliphatic rings. The number of pyridine rings is 1. The molecule has 3 aromatic rings. The molecule has 5 nitrogen and oxygen atoms in total. The van der Waals surface area contributed by atoms with E-state index in [2.05, 4.69) is 30.7 Å². The summed E-state index contributed by atoms with van der Waals surface area (Å²) in [5.74, 6) is 0.807. The first kappa shape index (κ1) is 19.9. The van der Waals surface area contributed by atoms with Gasteiger partial charge >= 0.3 is 0 Å². The smallest absolute Gasteiger partial charge is 0.254 e. The molecule has 2 heterocycles. The standard InChI is InChI=1S/C23H28N4O/c1-7-27(8-2)21(28)18-12-19(26-20-11-15(3)9-10-17(18)20)16-13-24-22(25-14-16)23(4,5)6/h9-14H,7-8H2,1-6H3. The second kappa shape index (κ2) is 7.66. The van der Waals surface area contributed by atoms with Gasteiger partial charge in [0.25, 0.3) is 5.91 Å². The third kappa shape index (κ3) is 3.88. The molecule has 2 aromatic heterocycles. The minimum atomic E-state index is -0.115. The van der Waals surface area contributed by atoms with Gasteiger partial charge in [-0.3, -0.25) is 4.79 Å². The summed E-state index contributed by atoms with van der Waals surface area (Å²) in [6.07, 6.45) is 3.59. The molecule has 146 valence electrons. The Hall–Kier alpha value is -2.82. The number of hydrogen-bond donors (Lipinski definition) is 0. The summed E-state index contributed by atoms with van der Waals surface area (Å²) >= 11 is 0. The molecular weight excluding hydrogens is 348 g/mol. The summed E-state index contributed by atoms with van der Waals surface area (Å²) in [5.41, 5.74) is 4.00. The van der Waals surface area contributed by atoms with E-state index in [9.17, 15) is 4.79 Å². The van der Waals surface area contributed by atoms with Gasteiger partial charge in [0, 0.05) is 41.8 Å². The minimum Gasteiger partial charge on any atom is -0.339 e. The molecule has 0 saturated heterocycles. The van der Waals surface area contributed by atoms with Crippen molar-refractivity contribution in [3.8, 4) is 11.3 Å². The van der Waals surface area contributed by atoms with Crippen molar-refractivity contribution in [1.82, 2.24) is 19.9 Å². The van der Waals surface area contributed by atoms with Crippen molar-refractivity contribution in [2.75, 3.05) is 13.1 Å². The molecule has 28 heavy (non-hydrogen) atoms. The quantitative estimate of drug-likeness (QED) is 0.657. The molecular formula is C23H28N4O. The highest BCUT2D eigenvalue weighted by Crippen LogP contribution is 2.27. The van der Waals surface area contributed by atoms with Crippen molar-refractivity contribution >= 4 is 16.8 Å². The fraction of sp³-hybridized carbons (Fsp3) is 0.391. The molecule has 0 spiro atoms. The van der Waals surface area contributed by atoms with Crippen LogP contribution in [0.4, 0.5) is 0 Å². The Labute approximate surface area is 166 Å². The molecule has 0 aliphatic heterocycles. The lowest BCUT2D eigenvalue weighted by Crippen LogP contribution is -2.30. The molecule has 0 fully saturated rings. The summed E-state index contributed by atoms with van der Waals surface area (Å²) in [5, 5.41) is 0.874. The van der Waals surface area contributed by atoms with Crippen LogP contribution in [0, 0.1) is 6.92 Å². The zero-order chi connectivity index (χ0) is 20.5. The van der Waals surface area contributed by atoms with E-state index in [1.54, 1.807) is 12.4 Å². The third-order valence-corrected chi connectivity index (χ3v) is 4.86. The Kier molecular flexibility index (Phi) is 5.45. The molecule has 0 unspecified atom stereocenters. The van der Waals surface area contributed by atoms with Gasteiger partial charge in [0.2, 0.25) is 0 Å². The largest absolute Gasteiger partial charge is 0.339 e. The fourth-order valence-electron chi connectivity index (χ4n) is 3.19. The highest BCUT2D eigenvalue weighted by atomic mass is 16.2. The molecule has 1 amide bonds. The van der Waals surface area contributed by atoms with Gasteiger partial charge in [-0.2, -0.15) is 0 Å². The van der Waals surface area contributed by atoms with Crippen LogP contribution in [0.5, 0.6) is 0 Å². The van der Waals surface area contributed by atoms with Crippen LogP contribution >= 0.6 is 0 Å². The Balaban J connectivity index is 2.17.